The molecule has 1 heteroatoms. The van der Waals surface area contributed by atoms with Crippen molar-refractivity contribution < 1.29 is 0 Å². The van der Waals surface area contributed by atoms with Gasteiger partial charge in [0, 0.05) is 8.07 Å². The predicted molar refractivity (Wildman–Crippen MR) is 87.0 cm³/mol. The van der Waals surface area contributed by atoms with E-state index in [-0.39, 0.29) is 0 Å². The third kappa shape index (κ3) is 7.40. The van der Waals surface area contributed by atoms with Gasteiger partial charge in [-0.25, -0.2) is 0 Å². The van der Waals surface area contributed by atoms with Crippen molar-refractivity contribution in [2.24, 2.45) is 0 Å². The maximum Gasteiger partial charge on any atom is 0.0473 e. The van der Waals surface area contributed by atoms with Gasteiger partial charge in [0.05, 0.1) is 0 Å². The molecule has 0 aromatic heterocycles. The molecule has 0 spiro atoms. The minimum atomic E-state index is -0.789. The fourth-order valence-electron chi connectivity index (χ4n) is 3.08. The Hall–Kier alpha value is -0.0431. The fourth-order valence-corrected chi connectivity index (χ4v) is 5.22. The van der Waals surface area contributed by atoms with Crippen LogP contribution in [0.15, 0.2) is 12.2 Å². The highest BCUT2D eigenvalue weighted by atomic mass is 28.3. The van der Waals surface area contributed by atoms with E-state index >= 15 is 0 Å². The van der Waals surface area contributed by atoms with Gasteiger partial charge in [-0.05, 0) is 31.2 Å². The molecule has 1 fully saturated rings. The van der Waals surface area contributed by atoms with Gasteiger partial charge in [-0.15, -0.1) is 0 Å². The lowest BCUT2D eigenvalue weighted by molar-refractivity contribution is 0.676. The van der Waals surface area contributed by atoms with Crippen LogP contribution in [0.2, 0.25) is 25.2 Å². The van der Waals surface area contributed by atoms with Crippen LogP contribution >= 0.6 is 0 Å². The fraction of sp³-hybridized carbons (Fsp3) is 0.882. The molecule has 18 heavy (non-hydrogen) atoms. The molecule has 0 heterocycles. The molecule has 1 saturated carbocycles. The van der Waals surface area contributed by atoms with Crippen LogP contribution in [-0.2, 0) is 0 Å². The first kappa shape index (κ1) is 16.0. The van der Waals surface area contributed by atoms with Gasteiger partial charge in [-0.3, -0.25) is 0 Å². The van der Waals surface area contributed by atoms with Gasteiger partial charge in [0.15, 0.2) is 0 Å². The molecule has 2 aliphatic rings. The monoisotopic (exact) mass is 266 g/mol. The summed E-state index contributed by atoms with van der Waals surface area (Å²) in [5, 5.41) is 0. The van der Waals surface area contributed by atoms with Crippen LogP contribution in [0.25, 0.3) is 0 Å². The molecule has 0 amide bonds. The van der Waals surface area contributed by atoms with Gasteiger partial charge in [-0.1, -0.05) is 76.7 Å². The van der Waals surface area contributed by atoms with E-state index < -0.39 is 8.07 Å². The van der Waals surface area contributed by atoms with Gasteiger partial charge in [0.2, 0.25) is 0 Å². The van der Waals surface area contributed by atoms with E-state index in [0.717, 1.165) is 5.54 Å². The molecule has 0 N–H and O–H groups in total. The first-order chi connectivity index (χ1) is 8.61. The van der Waals surface area contributed by atoms with Crippen LogP contribution in [0.1, 0.15) is 70.6 Å². The largest absolute Gasteiger partial charge is 0.0885 e. The highest BCUT2D eigenvalue weighted by molar-refractivity contribution is 6.77. The van der Waals surface area contributed by atoms with E-state index in [9.17, 15) is 0 Å². The van der Waals surface area contributed by atoms with Crippen molar-refractivity contribution in [2.45, 2.75) is 95.8 Å². The average Bonchev–Trinajstić information content (AvgIpc) is 2.76. The molecule has 0 aromatic rings. The van der Waals surface area contributed by atoms with Crippen molar-refractivity contribution in [3.63, 3.8) is 0 Å². The summed E-state index contributed by atoms with van der Waals surface area (Å²) < 4.78 is 0. The highest BCUT2D eigenvalue weighted by Gasteiger charge is 2.26. The Morgan fingerprint density at radius 3 is 1.56 bits per heavy atom. The maximum absolute atomic E-state index is 2.53. The van der Waals surface area contributed by atoms with E-state index in [0.29, 0.717) is 0 Å². The van der Waals surface area contributed by atoms with Gasteiger partial charge < -0.3 is 0 Å². The zero-order valence-corrected chi connectivity index (χ0v) is 14.0. The average molecular weight is 267 g/mol. The molecule has 0 saturated heterocycles. The summed E-state index contributed by atoms with van der Waals surface area (Å²) >= 11 is 0. The minimum Gasteiger partial charge on any atom is -0.0885 e. The quantitative estimate of drug-likeness (QED) is 0.286. The number of hydrogen-bond acceptors (Lipinski definition) is 0. The molecule has 0 nitrogen and oxygen atoms in total. The SMILES string of the molecule is C1=CCCCCC1.C[Si](C)(C)C1CCCCCC1. The lowest BCUT2D eigenvalue weighted by Crippen LogP contribution is -2.27. The number of allylic oxidation sites excluding steroid dienone is 2. The lowest BCUT2D eigenvalue weighted by Gasteiger charge is -2.27. The van der Waals surface area contributed by atoms with E-state index in [1.165, 1.54) is 70.6 Å². The molecule has 0 radical (unpaired) electrons. The Morgan fingerprint density at radius 2 is 1.11 bits per heavy atom. The summed E-state index contributed by atoms with van der Waals surface area (Å²) in [6.45, 7) is 7.59. The van der Waals surface area contributed by atoms with Gasteiger partial charge in [0.1, 0.15) is 0 Å². The van der Waals surface area contributed by atoms with Crippen molar-refractivity contribution >= 4 is 8.07 Å². The molecule has 2 rings (SSSR count). The van der Waals surface area contributed by atoms with Gasteiger partial charge in [0.25, 0.3) is 0 Å². The zero-order valence-electron chi connectivity index (χ0n) is 13.0. The van der Waals surface area contributed by atoms with Crippen LogP contribution in [-0.4, -0.2) is 8.07 Å². The van der Waals surface area contributed by atoms with E-state index in [1.54, 1.807) is 0 Å². The van der Waals surface area contributed by atoms with Crippen LogP contribution < -0.4 is 0 Å². The Bertz CT molecular complexity index is 208. The second kappa shape index (κ2) is 8.96. The van der Waals surface area contributed by atoms with Crippen molar-refractivity contribution in [1.29, 1.82) is 0 Å². The normalized spacial score (nSPS) is 22.6. The van der Waals surface area contributed by atoms with Crippen molar-refractivity contribution in [2.75, 3.05) is 0 Å². The molecular formula is C17H34Si. The van der Waals surface area contributed by atoms with E-state index in [4.69, 9.17) is 0 Å². The standard InChI is InChI=1S/C10H22Si.C7H12/c1-11(2,3)10-8-6-4-5-7-9-10;1-2-4-6-7-5-3-1/h10H,4-9H2,1-3H3;1-2H,3-7H2. The molecule has 0 aliphatic heterocycles. The summed E-state index contributed by atoms with van der Waals surface area (Å²) in [4.78, 5) is 0. The van der Waals surface area contributed by atoms with E-state index in [2.05, 4.69) is 31.8 Å². The van der Waals surface area contributed by atoms with Gasteiger partial charge in [-0.2, -0.15) is 0 Å². The van der Waals surface area contributed by atoms with Crippen LogP contribution in [0, 0.1) is 0 Å². The molecule has 2 aliphatic carbocycles. The Kier molecular flexibility index (Phi) is 7.97. The van der Waals surface area contributed by atoms with Crippen LogP contribution in [0.5, 0.6) is 0 Å². The third-order valence-electron chi connectivity index (χ3n) is 4.49. The predicted octanol–water partition coefficient (Wildman–Crippen LogP) is 6.56. The first-order valence-corrected chi connectivity index (χ1v) is 11.8. The summed E-state index contributed by atoms with van der Waals surface area (Å²) in [7, 11) is -0.789. The smallest absolute Gasteiger partial charge is 0.0473 e. The summed E-state index contributed by atoms with van der Waals surface area (Å²) in [5.41, 5.74) is 1.13. The molecule has 106 valence electrons. The Morgan fingerprint density at radius 1 is 0.667 bits per heavy atom. The molecule has 0 bridgehead atoms. The summed E-state index contributed by atoms with van der Waals surface area (Å²) in [6.07, 6.45) is 20.6. The molecular weight excluding hydrogens is 232 g/mol. The third-order valence-corrected chi connectivity index (χ3v) is 7.52. The lowest BCUT2D eigenvalue weighted by atomic mass is 10.2. The van der Waals surface area contributed by atoms with Crippen molar-refractivity contribution in [1.82, 2.24) is 0 Å². The zero-order chi connectivity index (χ0) is 13.3. The first-order valence-electron chi connectivity index (χ1n) is 8.26. The number of hydrogen-bond donors (Lipinski definition) is 0. The topological polar surface area (TPSA) is 0 Å². The second-order valence-corrected chi connectivity index (χ2v) is 12.7. The summed E-state index contributed by atoms with van der Waals surface area (Å²) in [6, 6.07) is 0. The minimum absolute atomic E-state index is 0.789. The Balaban J connectivity index is 0.000000199. The van der Waals surface area contributed by atoms with Crippen LogP contribution in [0.3, 0.4) is 0 Å². The Labute approximate surface area is 116 Å². The van der Waals surface area contributed by atoms with E-state index in [1.807, 2.05) is 0 Å². The highest BCUT2D eigenvalue weighted by Crippen LogP contribution is 2.35. The van der Waals surface area contributed by atoms with Crippen molar-refractivity contribution in [3.8, 4) is 0 Å². The van der Waals surface area contributed by atoms with Crippen LogP contribution in [0.4, 0.5) is 0 Å². The second-order valence-electron chi connectivity index (χ2n) is 7.16. The number of rotatable bonds is 1. The van der Waals surface area contributed by atoms with Gasteiger partial charge >= 0.3 is 0 Å². The molecule has 0 unspecified atom stereocenters. The molecule has 0 aromatic carbocycles. The molecule has 0 atom stereocenters. The summed E-state index contributed by atoms with van der Waals surface area (Å²) in [5.74, 6) is 0. The van der Waals surface area contributed by atoms with Crippen molar-refractivity contribution in [3.05, 3.63) is 12.2 Å². The maximum atomic E-state index is 2.53.